The largest absolute Gasteiger partial charge is 0.756 e. The molecule has 0 aromatic carbocycles. The number of phosphoric acid groups is 1. The van der Waals surface area contributed by atoms with E-state index >= 15 is 0 Å². The first kappa shape index (κ1) is 42.2. The van der Waals surface area contributed by atoms with Gasteiger partial charge in [-0.05, 0) is 32.1 Å². The zero-order valence-electron chi connectivity index (χ0n) is 28.7. The molecule has 8 nitrogen and oxygen atoms in total. The van der Waals surface area contributed by atoms with Crippen LogP contribution in [-0.4, -0.2) is 70.7 Å². The predicted octanol–water partition coefficient (Wildman–Crippen LogP) is 8.52. The third kappa shape index (κ3) is 34.0. The van der Waals surface area contributed by atoms with Crippen molar-refractivity contribution >= 4 is 13.8 Å². The summed E-state index contributed by atoms with van der Waals surface area (Å²) in [6.45, 7) is 4.41. The summed E-state index contributed by atoms with van der Waals surface area (Å²) >= 11 is 0. The van der Waals surface area contributed by atoms with Crippen LogP contribution in [0.5, 0.6) is 0 Å². The number of carbonyl (C=O) groups is 1. The van der Waals surface area contributed by atoms with Crippen molar-refractivity contribution in [3.05, 3.63) is 12.2 Å². The van der Waals surface area contributed by atoms with Gasteiger partial charge >= 0.3 is 5.97 Å². The Balaban J connectivity index is 3.61. The van der Waals surface area contributed by atoms with Gasteiger partial charge in [0.1, 0.15) is 19.3 Å². The molecule has 0 amide bonds. The summed E-state index contributed by atoms with van der Waals surface area (Å²) < 4.78 is 33.2. The minimum absolute atomic E-state index is 0.0241. The van der Waals surface area contributed by atoms with Gasteiger partial charge in [0.15, 0.2) is 0 Å². The van der Waals surface area contributed by atoms with Crippen LogP contribution >= 0.6 is 7.82 Å². The smallest absolute Gasteiger partial charge is 0.303 e. The molecule has 0 saturated carbocycles. The van der Waals surface area contributed by atoms with Crippen LogP contribution < -0.4 is 4.89 Å². The first-order chi connectivity index (χ1) is 20.6. The zero-order valence-corrected chi connectivity index (χ0v) is 29.6. The van der Waals surface area contributed by atoms with E-state index in [0.29, 0.717) is 17.6 Å². The van der Waals surface area contributed by atoms with E-state index in [0.717, 1.165) is 12.8 Å². The first-order valence-corrected chi connectivity index (χ1v) is 18.8. The van der Waals surface area contributed by atoms with Gasteiger partial charge in [0.25, 0.3) is 7.82 Å². The third-order valence-corrected chi connectivity index (χ3v) is 8.33. The van der Waals surface area contributed by atoms with Gasteiger partial charge in [0, 0.05) is 13.5 Å². The summed E-state index contributed by atoms with van der Waals surface area (Å²) in [6, 6.07) is 0. The number of hydrogen-bond donors (Lipinski definition) is 0. The second-order valence-corrected chi connectivity index (χ2v) is 14.4. The molecule has 9 heteroatoms. The topological polar surface area (TPSA) is 94.1 Å². The Bertz CT molecular complexity index is 711. The van der Waals surface area contributed by atoms with Crippen LogP contribution in [0.4, 0.5) is 0 Å². The highest BCUT2D eigenvalue weighted by atomic mass is 31.2. The lowest BCUT2D eigenvalue weighted by Crippen LogP contribution is -2.37. The van der Waals surface area contributed by atoms with Gasteiger partial charge in [-0.25, -0.2) is 0 Å². The molecule has 0 aromatic rings. The fraction of sp³-hybridized carbons (Fsp3) is 0.912. The highest BCUT2D eigenvalue weighted by Gasteiger charge is 2.19. The molecule has 0 saturated heterocycles. The summed E-state index contributed by atoms with van der Waals surface area (Å²) in [6.07, 6.45) is 30.0. The van der Waals surface area contributed by atoms with E-state index < -0.39 is 19.9 Å². The first-order valence-electron chi connectivity index (χ1n) is 17.4. The highest BCUT2D eigenvalue weighted by molar-refractivity contribution is 7.45. The summed E-state index contributed by atoms with van der Waals surface area (Å²) in [5.74, 6) is -0.509. The maximum absolute atomic E-state index is 12.0. The van der Waals surface area contributed by atoms with E-state index in [1.807, 2.05) is 21.1 Å². The van der Waals surface area contributed by atoms with Gasteiger partial charge in [-0.1, -0.05) is 115 Å². The molecule has 43 heavy (non-hydrogen) atoms. The molecule has 0 fully saturated rings. The average molecular weight is 634 g/mol. The summed E-state index contributed by atoms with van der Waals surface area (Å²) in [5, 5.41) is 0. The Hall–Kier alpha value is -0.760. The van der Waals surface area contributed by atoms with Gasteiger partial charge in [0.05, 0.1) is 34.4 Å². The molecule has 0 aliphatic heterocycles. The second-order valence-electron chi connectivity index (χ2n) is 13.0. The van der Waals surface area contributed by atoms with Crippen molar-refractivity contribution in [3.63, 3.8) is 0 Å². The van der Waals surface area contributed by atoms with Crippen LogP contribution in [0.2, 0.25) is 0 Å². The maximum atomic E-state index is 12.0. The van der Waals surface area contributed by atoms with Crippen molar-refractivity contribution in [3.8, 4) is 0 Å². The van der Waals surface area contributed by atoms with Crippen LogP contribution in [0.15, 0.2) is 12.2 Å². The normalized spacial score (nSPS) is 14.3. The van der Waals surface area contributed by atoms with Crippen LogP contribution in [0, 0.1) is 0 Å². The molecule has 0 spiro atoms. The number of phosphoric ester groups is 1. The van der Waals surface area contributed by atoms with E-state index in [4.69, 9.17) is 18.5 Å². The van der Waals surface area contributed by atoms with Crippen molar-refractivity contribution in [2.75, 3.05) is 54.1 Å². The number of ether oxygens (including phenoxy) is 2. The Morgan fingerprint density at radius 2 is 1.16 bits per heavy atom. The molecule has 0 rings (SSSR count). The predicted molar refractivity (Wildman–Crippen MR) is 176 cm³/mol. The van der Waals surface area contributed by atoms with Crippen molar-refractivity contribution in [1.29, 1.82) is 0 Å². The standard InChI is InChI=1S/C34H68NO7P/c1-6-7-8-9-10-11-12-13-14-15-16-17-18-19-20-21-22-23-24-25-26-27-29-39-31-34(42-33(2)36)32-41-43(37,38)40-30-28-35(3,4)5/h15-16,34H,6-14,17-32H2,1-5H3/b16-15-. The Morgan fingerprint density at radius 3 is 1.63 bits per heavy atom. The van der Waals surface area contributed by atoms with Crippen molar-refractivity contribution in [1.82, 2.24) is 0 Å². The van der Waals surface area contributed by atoms with Crippen molar-refractivity contribution in [2.45, 2.75) is 148 Å². The Kier molecular flexibility index (Phi) is 28.2. The van der Waals surface area contributed by atoms with Crippen LogP contribution in [-0.2, 0) is 27.9 Å². The average Bonchev–Trinajstić information content (AvgIpc) is 2.93. The van der Waals surface area contributed by atoms with Crippen LogP contribution in [0.3, 0.4) is 0 Å². The van der Waals surface area contributed by atoms with Gasteiger partial charge in [-0.3, -0.25) is 9.36 Å². The van der Waals surface area contributed by atoms with E-state index in [2.05, 4.69) is 19.1 Å². The monoisotopic (exact) mass is 633 g/mol. The number of unbranched alkanes of at least 4 members (excludes halogenated alkanes) is 18. The number of nitrogens with zero attached hydrogens (tertiary/aromatic N) is 1. The molecule has 0 aliphatic rings. The van der Waals surface area contributed by atoms with Gasteiger partial charge < -0.3 is 27.9 Å². The summed E-state index contributed by atoms with van der Waals surface area (Å²) in [7, 11) is 1.35. The van der Waals surface area contributed by atoms with Crippen molar-refractivity contribution < 1.29 is 37.3 Å². The number of esters is 1. The Labute approximate surface area is 265 Å². The Morgan fingerprint density at radius 1 is 0.698 bits per heavy atom. The third-order valence-electron chi connectivity index (χ3n) is 7.37. The molecular formula is C34H68NO7P. The molecule has 0 radical (unpaired) electrons. The lowest BCUT2D eigenvalue weighted by Gasteiger charge is -2.28. The molecule has 256 valence electrons. The maximum Gasteiger partial charge on any atom is 0.303 e. The highest BCUT2D eigenvalue weighted by Crippen LogP contribution is 2.38. The number of quaternary nitrogens is 1. The molecule has 2 atom stereocenters. The van der Waals surface area contributed by atoms with E-state index in [1.54, 1.807) is 0 Å². The van der Waals surface area contributed by atoms with Gasteiger partial charge in [-0.15, -0.1) is 0 Å². The van der Waals surface area contributed by atoms with Crippen LogP contribution in [0.25, 0.3) is 0 Å². The van der Waals surface area contributed by atoms with E-state index in [9.17, 15) is 14.3 Å². The fourth-order valence-electron chi connectivity index (χ4n) is 4.72. The molecular weight excluding hydrogens is 565 g/mol. The minimum atomic E-state index is -4.47. The van der Waals surface area contributed by atoms with Gasteiger partial charge in [0.2, 0.25) is 0 Å². The fourth-order valence-corrected chi connectivity index (χ4v) is 5.44. The molecule has 0 aliphatic carbocycles. The molecule has 2 unspecified atom stereocenters. The SMILES string of the molecule is CCCCCCCCCC/C=C\CCCCCCCCCCCCOCC(COP(=O)([O-])OCC[N+](C)(C)C)OC(C)=O. The molecule has 0 heterocycles. The molecule has 0 bridgehead atoms. The summed E-state index contributed by atoms with van der Waals surface area (Å²) in [4.78, 5) is 23.4. The number of likely N-dealkylation sites (N-methyl/N-ethyl adjacent to an activating group) is 1. The van der Waals surface area contributed by atoms with E-state index in [-0.39, 0.29) is 19.8 Å². The lowest BCUT2D eigenvalue weighted by atomic mass is 10.1. The van der Waals surface area contributed by atoms with Crippen LogP contribution in [0.1, 0.15) is 142 Å². The molecule has 0 N–H and O–H groups in total. The number of carbonyl (C=O) groups excluding carboxylic acids is 1. The number of allylic oxidation sites excluding steroid dienone is 2. The van der Waals surface area contributed by atoms with Gasteiger partial charge in [-0.2, -0.15) is 0 Å². The number of hydrogen-bond acceptors (Lipinski definition) is 7. The lowest BCUT2D eigenvalue weighted by molar-refractivity contribution is -0.870. The summed E-state index contributed by atoms with van der Waals surface area (Å²) in [5.41, 5.74) is 0. The quantitative estimate of drug-likeness (QED) is 0.0241. The minimum Gasteiger partial charge on any atom is -0.756 e. The second kappa shape index (κ2) is 28.7. The van der Waals surface area contributed by atoms with E-state index in [1.165, 1.54) is 122 Å². The molecule has 0 aromatic heterocycles. The van der Waals surface area contributed by atoms with Crippen molar-refractivity contribution in [2.24, 2.45) is 0 Å². The zero-order chi connectivity index (χ0) is 32.1. The number of rotatable bonds is 32.